The van der Waals surface area contributed by atoms with Gasteiger partial charge in [0.05, 0.1) is 0 Å². The van der Waals surface area contributed by atoms with Crippen LogP contribution in [0.5, 0.6) is 0 Å². The second-order valence-electron chi connectivity index (χ2n) is 4.48. The Balaban J connectivity index is 1.85. The van der Waals surface area contributed by atoms with Gasteiger partial charge in [-0.05, 0) is 42.8 Å². The Morgan fingerprint density at radius 3 is 3.00 bits per heavy atom. The molecule has 1 amide bonds. The molecule has 1 N–H and O–H groups in total. The molecule has 0 saturated heterocycles. The summed E-state index contributed by atoms with van der Waals surface area (Å²) in [7, 11) is 0. The minimum Gasteiger partial charge on any atom is -0.354 e. The molecule has 0 saturated carbocycles. The summed E-state index contributed by atoms with van der Waals surface area (Å²) >= 11 is 1.74. The van der Waals surface area contributed by atoms with Crippen LogP contribution in [0.3, 0.4) is 0 Å². The van der Waals surface area contributed by atoms with Crippen molar-refractivity contribution in [2.45, 2.75) is 32.7 Å². The number of hydrogen-bond acceptors (Lipinski definition) is 3. The number of amides is 1. The van der Waals surface area contributed by atoms with Gasteiger partial charge in [-0.25, -0.2) is 0 Å². The molecule has 1 unspecified atom stereocenters. The lowest BCUT2D eigenvalue weighted by Gasteiger charge is -2.15. The number of aromatic nitrogens is 2. The zero-order chi connectivity index (χ0) is 13.7. The molecule has 2 aromatic heterocycles. The third kappa shape index (κ3) is 3.44. The topological polar surface area (TPSA) is 46.9 Å². The van der Waals surface area contributed by atoms with Gasteiger partial charge in [-0.2, -0.15) is 5.10 Å². The second kappa shape index (κ2) is 6.52. The van der Waals surface area contributed by atoms with E-state index in [1.165, 1.54) is 10.4 Å². The molecule has 0 fully saturated rings. The molecule has 19 heavy (non-hydrogen) atoms. The van der Waals surface area contributed by atoms with E-state index in [9.17, 15) is 4.79 Å². The van der Waals surface area contributed by atoms with Gasteiger partial charge >= 0.3 is 0 Å². The van der Waals surface area contributed by atoms with Crippen molar-refractivity contribution in [3.05, 3.63) is 40.3 Å². The van der Waals surface area contributed by atoms with Crippen molar-refractivity contribution >= 4 is 17.2 Å². The lowest BCUT2D eigenvalue weighted by molar-refractivity contribution is -0.124. The minimum atomic E-state index is -0.209. The predicted octanol–water partition coefficient (Wildman–Crippen LogP) is 2.56. The number of nitrogens with one attached hydrogen (secondary N) is 1. The fourth-order valence-corrected chi connectivity index (χ4v) is 2.95. The van der Waals surface area contributed by atoms with E-state index in [-0.39, 0.29) is 11.9 Å². The monoisotopic (exact) mass is 277 g/mol. The minimum absolute atomic E-state index is 0.0420. The summed E-state index contributed by atoms with van der Waals surface area (Å²) in [5.74, 6) is 0.0420. The van der Waals surface area contributed by atoms with Gasteiger partial charge in [0.1, 0.15) is 6.04 Å². The lowest BCUT2D eigenvalue weighted by atomic mass is 10.2. The maximum Gasteiger partial charge on any atom is 0.244 e. The van der Waals surface area contributed by atoms with Crippen LogP contribution in [0.2, 0.25) is 0 Å². The smallest absolute Gasteiger partial charge is 0.244 e. The Kier molecular flexibility index (Phi) is 4.74. The van der Waals surface area contributed by atoms with Crippen LogP contribution in [-0.2, 0) is 11.2 Å². The van der Waals surface area contributed by atoms with Gasteiger partial charge in [-0.15, -0.1) is 11.3 Å². The second-order valence-corrected chi connectivity index (χ2v) is 5.48. The Morgan fingerprint density at radius 1 is 1.58 bits per heavy atom. The number of rotatable bonds is 6. The molecular weight excluding hydrogens is 258 g/mol. The summed E-state index contributed by atoms with van der Waals surface area (Å²) in [5.41, 5.74) is 1.30. The normalized spacial score (nSPS) is 12.3. The maximum absolute atomic E-state index is 12.1. The van der Waals surface area contributed by atoms with Crippen molar-refractivity contribution in [3.8, 4) is 0 Å². The highest BCUT2D eigenvalue weighted by Gasteiger charge is 2.17. The lowest BCUT2D eigenvalue weighted by Crippen LogP contribution is -2.33. The van der Waals surface area contributed by atoms with Crippen LogP contribution >= 0.6 is 11.3 Å². The van der Waals surface area contributed by atoms with Gasteiger partial charge in [-0.3, -0.25) is 9.48 Å². The standard InChI is InChI=1S/C14H19N3OS/c1-3-12(17-9-4-7-16-17)14(18)15-8-5-13-11(2)6-10-19-13/h4,6-7,9-10,12H,3,5,8H2,1-2H3,(H,15,18). The van der Waals surface area contributed by atoms with E-state index in [0.717, 1.165) is 12.8 Å². The highest BCUT2D eigenvalue weighted by Crippen LogP contribution is 2.15. The van der Waals surface area contributed by atoms with E-state index in [4.69, 9.17) is 0 Å². The quantitative estimate of drug-likeness (QED) is 0.882. The summed E-state index contributed by atoms with van der Waals surface area (Å²) in [5, 5.41) is 9.22. The average Bonchev–Trinajstić information content (AvgIpc) is 3.03. The molecule has 4 nitrogen and oxygen atoms in total. The van der Waals surface area contributed by atoms with E-state index in [2.05, 4.69) is 28.8 Å². The van der Waals surface area contributed by atoms with Crippen LogP contribution in [0.25, 0.3) is 0 Å². The van der Waals surface area contributed by atoms with Gasteiger partial charge in [0.15, 0.2) is 0 Å². The van der Waals surface area contributed by atoms with E-state index in [0.29, 0.717) is 6.54 Å². The molecule has 2 rings (SSSR count). The molecule has 2 aromatic rings. The molecule has 2 heterocycles. The van der Waals surface area contributed by atoms with Crippen LogP contribution < -0.4 is 5.32 Å². The van der Waals surface area contributed by atoms with Gasteiger partial charge in [-0.1, -0.05) is 6.92 Å². The summed E-state index contributed by atoms with van der Waals surface area (Å²) in [6, 6.07) is 3.74. The van der Waals surface area contributed by atoms with Crippen molar-refractivity contribution in [2.75, 3.05) is 6.54 Å². The third-order valence-corrected chi connectivity index (χ3v) is 4.24. The molecule has 0 aliphatic rings. The first-order valence-electron chi connectivity index (χ1n) is 6.52. The first-order valence-corrected chi connectivity index (χ1v) is 7.40. The molecular formula is C14H19N3OS. The van der Waals surface area contributed by atoms with Crippen molar-refractivity contribution in [1.82, 2.24) is 15.1 Å². The van der Waals surface area contributed by atoms with E-state index in [1.807, 2.05) is 19.2 Å². The number of aryl methyl sites for hydroxylation is 1. The molecule has 0 radical (unpaired) electrons. The highest BCUT2D eigenvalue weighted by molar-refractivity contribution is 7.10. The number of thiophene rings is 1. The molecule has 0 aliphatic heterocycles. The number of hydrogen-bond donors (Lipinski definition) is 1. The fraction of sp³-hybridized carbons (Fsp3) is 0.429. The van der Waals surface area contributed by atoms with Crippen molar-refractivity contribution < 1.29 is 4.79 Å². The third-order valence-electron chi connectivity index (χ3n) is 3.15. The first kappa shape index (κ1) is 13.8. The highest BCUT2D eigenvalue weighted by atomic mass is 32.1. The van der Waals surface area contributed by atoms with E-state index >= 15 is 0 Å². The largest absolute Gasteiger partial charge is 0.354 e. The number of nitrogens with zero attached hydrogens (tertiary/aromatic N) is 2. The van der Waals surface area contributed by atoms with E-state index < -0.39 is 0 Å². The van der Waals surface area contributed by atoms with Gasteiger partial charge < -0.3 is 5.32 Å². The molecule has 0 aromatic carbocycles. The molecule has 5 heteroatoms. The van der Waals surface area contributed by atoms with Crippen LogP contribution in [0, 0.1) is 6.92 Å². The maximum atomic E-state index is 12.1. The fourth-order valence-electron chi connectivity index (χ4n) is 2.03. The molecule has 0 bridgehead atoms. The summed E-state index contributed by atoms with van der Waals surface area (Å²) in [6.45, 7) is 4.78. The molecule has 102 valence electrons. The van der Waals surface area contributed by atoms with Gasteiger partial charge in [0.2, 0.25) is 5.91 Å². The summed E-state index contributed by atoms with van der Waals surface area (Å²) in [6.07, 6.45) is 5.17. The van der Waals surface area contributed by atoms with Crippen LogP contribution in [-0.4, -0.2) is 22.2 Å². The summed E-state index contributed by atoms with van der Waals surface area (Å²) in [4.78, 5) is 13.5. The number of carbonyl (C=O) groups excluding carboxylic acids is 1. The van der Waals surface area contributed by atoms with E-state index in [1.54, 1.807) is 22.2 Å². The van der Waals surface area contributed by atoms with Crippen LogP contribution in [0.1, 0.15) is 29.8 Å². The predicted molar refractivity (Wildman–Crippen MR) is 77.3 cm³/mol. The Hall–Kier alpha value is -1.62. The molecule has 1 atom stereocenters. The Labute approximate surface area is 117 Å². The first-order chi connectivity index (χ1) is 9.22. The van der Waals surface area contributed by atoms with Crippen molar-refractivity contribution in [3.63, 3.8) is 0 Å². The zero-order valence-electron chi connectivity index (χ0n) is 11.3. The van der Waals surface area contributed by atoms with Crippen molar-refractivity contribution in [2.24, 2.45) is 0 Å². The molecule has 0 aliphatic carbocycles. The number of carbonyl (C=O) groups is 1. The molecule has 0 spiro atoms. The van der Waals surface area contributed by atoms with Gasteiger partial charge in [0, 0.05) is 23.8 Å². The van der Waals surface area contributed by atoms with Crippen molar-refractivity contribution in [1.29, 1.82) is 0 Å². The van der Waals surface area contributed by atoms with Crippen LogP contribution in [0.4, 0.5) is 0 Å². The van der Waals surface area contributed by atoms with Crippen LogP contribution in [0.15, 0.2) is 29.9 Å². The average molecular weight is 277 g/mol. The Bertz CT molecular complexity index is 519. The zero-order valence-corrected chi connectivity index (χ0v) is 12.1. The van der Waals surface area contributed by atoms with Gasteiger partial charge in [0.25, 0.3) is 0 Å². The summed E-state index contributed by atoms with van der Waals surface area (Å²) < 4.78 is 1.71. The SMILES string of the molecule is CCC(C(=O)NCCc1sccc1C)n1cccn1. The Morgan fingerprint density at radius 2 is 2.42 bits per heavy atom.